The minimum atomic E-state index is 0.301. The first-order valence-electron chi connectivity index (χ1n) is 12.5. The van der Waals surface area contributed by atoms with Gasteiger partial charge in [-0.2, -0.15) is 0 Å². The molecule has 0 aliphatic carbocycles. The molecule has 3 saturated heterocycles. The maximum Gasteiger partial charge on any atom is 0.194 e. The van der Waals surface area contributed by atoms with Crippen molar-refractivity contribution in [2.75, 3.05) is 64.1 Å². The molecule has 4 rings (SSSR count). The van der Waals surface area contributed by atoms with Crippen molar-refractivity contribution < 1.29 is 14.2 Å². The van der Waals surface area contributed by atoms with Gasteiger partial charge in [0.25, 0.3) is 0 Å². The molecule has 0 saturated carbocycles. The summed E-state index contributed by atoms with van der Waals surface area (Å²) in [5, 5.41) is 3.48. The molecular formula is C25H40N4O3. The van der Waals surface area contributed by atoms with Crippen molar-refractivity contribution in [2.45, 2.75) is 57.8 Å². The van der Waals surface area contributed by atoms with Gasteiger partial charge >= 0.3 is 0 Å². The normalized spacial score (nSPS) is 23.4. The number of hydrogen-bond donors (Lipinski definition) is 1. The van der Waals surface area contributed by atoms with Crippen LogP contribution in [0.15, 0.2) is 29.3 Å². The van der Waals surface area contributed by atoms with Gasteiger partial charge in [0.1, 0.15) is 0 Å². The second-order valence-corrected chi connectivity index (χ2v) is 8.94. The molecule has 3 aliphatic heterocycles. The summed E-state index contributed by atoms with van der Waals surface area (Å²) >= 11 is 0. The molecule has 3 heterocycles. The van der Waals surface area contributed by atoms with E-state index in [9.17, 15) is 0 Å². The second-order valence-electron chi connectivity index (χ2n) is 8.94. The second kappa shape index (κ2) is 12.4. The fourth-order valence-electron chi connectivity index (χ4n) is 4.64. The summed E-state index contributed by atoms with van der Waals surface area (Å²) in [6, 6.07) is 8.82. The SMILES string of the molecule is CCNC(=NCc1ccc(N2CCOCC2)cc1)N1CCC(OCC2CCCCO2)CC1. The predicted octanol–water partition coefficient (Wildman–Crippen LogP) is 3.04. The number of hydrogen-bond acceptors (Lipinski definition) is 5. The first-order chi connectivity index (χ1) is 15.8. The first kappa shape index (κ1) is 23.3. The standard InChI is InChI=1S/C25H40N4O3/c1-2-26-25(27-19-21-6-8-22(9-7-21)28-14-17-30-18-15-28)29-12-10-23(11-13-29)32-20-24-5-3-4-16-31-24/h6-9,23-24H,2-5,10-20H2,1H3,(H,26,27). The number of rotatable bonds is 7. The molecule has 3 fully saturated rings. The van der Waals surface area contributed by atoms with Crippen LogP contribution in [0.2, 0.25) is 0 Å². The number of nitrogens with one attached hydrogen (secondary N) is 1. The molecule has 0 aromatic heterocycles. The zero-order valence-electron chi connectivity index (χ0n) is 19.6. The summed E-state index contributed by atoms with van der Waals surface area (Å²) in [5.74, 6) is 1.01. The molecule has 7 nitrogen and oxygen atoms in total. The third-order valence-electron chi connectivity index (χ3n) is 6.59. The van der Waals surface area contributed by atoms with Gasteiger partial charge in [0, 0.05) is 45.0 Å². The van der Waals surface area contributed by atoms with Crippen molar-refractivity contribution in [1.82, 2.24) is 10.2 Å². The monoisotopic (exact) mass is 444 g/mol. The van der Waals surface area contributed by atoms with E-state index in [0.717, 1.165) is 84.4 Å². The zero-order chi connectivity index (χ0) is 22.0. The number of nitrogens with zero attached hydrogens (tertiary/aromatic N) is 3. The summed E-state index contributed by atoms with van der Waals surface area (Å²) in [6.07, 6.45) is 6.34. The highest BCUT2D eigenvalue weighted by molar-refractivity contribution is 5.80. The largest absolute Gasteiger partial charge is 0.378 e. The summed E-state index contributed by atoms with van der Waals surface area (Å²) in [6.45, 7) is 10.9. The van der Waals surface area contributed by atoms with Crippen LogP contribution in [0.3, 0.4) is 0 Å². The maximum absolute atomic E-state index is 6.18. The van der Waals surface area contributed by atoms with Gasteiger partial charge in [-0.05, 0) is 56.7 Å². The van der Waals surface area contributed by atoms with Gasteiger partial charge in [-0.25, -0.2) is 4.99 Å². The quantitative estimate of drug-likeness (QED) is 0.515. The van der Waals surface area contributed by atoms with E-state index in [0.29, 0.717) is 18.8 Å². The van der Waals surface area contributed by atoms with Gasteiger partial charge in [0.15, 0.2) is 5.96 Å². The Bertz CT molecular complexity index is 692. The van der Waals surface area contributed by atoms with Crippen LogP contribution in [0.1, 0.15) is 44.6 Å². The number of likely N-dealkylation sites (tertiary alicyclic amines) is 1. The Kier molecular flexibility index (Phi) is 9.06. The Balaban J connectivity index is 1.24. The molecule has 0 bridgehead atoms. The predicted molar refractivity (Wildman–Crippen MR) is 128 cm³/mol. The van der Waals surface area contributed by atoms with E-state index < -0.39 is 0 Å². The average Bonchev–Trinajstić information content (AvgIpc) is 2.87. The number of piperidine rings is 1. The van der Waals surface area contributed by atoms with Crippen molar-refractivity contribution in [1.29, 1.82) is 0 Å². The van der Waals surface area contributed by atoms with Crippen LogP contribution in [0.25, 0.3) is 0 Å². The Morgan fingerprint density at radius 3 is 2.50 bits per heavy atom. The third-order valence-corrected chi connectivity index (χ3v) is 6.59. The molecule has 1 aromatic carbocycles. The van der Waals surface area contributed by atoms with Gasteiger partial charge in [-0.1, -0.05) is 12.1 Å². The molecule has 32 heavy (non-hydrogen) atoms. The molecule has 1 aromatic rings. The summed E-state index contributed by atoms with van der Waals surface area (Å²) in [4.78, 5) is 9.69. The fraction of sp³-hybridized carbons (Fsp3) is 0.720. The fourth-order valence-corrected chi connectivity index (χ4v) is 4.64. The first-order valence-corrected chi connectivity index (χ1v) is 12.5. The van der Waals surface area contributed by atoms with E-state index in [-0.39, 0.29) is 0 Å². The lowest BCUT2D eigenvalue weighted by Crippen LogP contribution is -2.47. The van der Waals surface area contributed by atoms with Crippen LogP contribution in [0.4, 0.5) is 5.69 Å². The Hall–Kier alpha value is -1.83. The molecule has 0 spiro atoms. The minimum absolute atomic E-state index is 0.301. The van der Waals surface area contributed by atoms with Crippen LogP contribution in [0.5, 0.6) is 0 Å². The lowest BCUT2D eigenvalue weighted by molar-refractivity contribution is -0.0721. The van der Waals surface area contributed by atoms with Crippen molar-refractivity contribution in [3.8, 4) is 0 Å². The Morgan fingerprint density at radius 1 is 1.03 bits per heavy atom. The van der Waals surface area contributed by atoms with Crippen molar-refractivity contribution >= 4 is 11.6 Å². The number of guanidine groups is 1. The molecule has 1 unspecified atom stereocenters. The van der Waals surface area contributed by atoms with Gasteiger partial charge in [-0.15, -0.1) is 0 Å². The average molecular weight is 445 g/mol. The van der Waals surface area contributed by atoms with Crippen LogP contribution in [-0.4, -0.2) is 82.2 Å². The highest BCUT2D eigenvalue weighted by atomic mass is 16.5. The molecule has 7 heteroatoms. The highest BCUT2D eigenvalue weighted by Gasteiger charge is 2.23. The van der Waals surface area contributed by atoms with Crippen LogP contribution in [0, 0.1) is 0 Å². The lowest BCUT2D eigenvalue weighted by atomic mass is 10.1. The number of benzene rings is 1. The van der Waals surface area contributed by atoms with Crippen LogP contribution >= 0.6 is 0 Å². The van der Waals surface area contributed by atoms with Gasteiger partial charge < -0.3 is 29.3 Å². The molecule has 0 radical (unpaired) electrons. The van der Waals surface area contributed by atoms with E-state index in [2.05, 4.69) is 46.3 Å². The molecule has 3 aliphatic rings. The summed E-state index contributed by atoms with van der Waals surface area (Å²) in [7, 11) is 0. The molecule has 1 N–H and O–H groups in total. The molecular weight excluding hydrogens is 404 g/mol. The third kappa shape index (κ3) is 6.83. The number of ether oxygens (including phenoxy) is 3. The van der Waals surface area contributed by atoms with Crippen molar-refractivity contribution in [3.63, 3.8) is 0 Å². The van der Waals surface area contributed by atoms with E-state index in [4.69, 9.17) is 19.2 Å². The summed E-state index contributed by atoms with van der Waals surface area (Å²) < 4.78 is 17.4. The van der Waals surface area contributed by atoms with Crippen LogP contribution in [-0.2, 0) is 20.8 Å². The number of anilines is 1. The number of aliphatic imine (C=N–C) groups is 1. The Morgan fingerprint density at radius 2 is 1.81 bits per heavy atom. The topological polar surface area (TPSA) is 58.6 Å². The van der Waals surface area contributed by atoms with Gasteiger partial charge in [0.05, 0.1) is 38.6 Å². The van der Waals surface area contributed by atoms with Gasteiger partial charge in [-0.3, -0.25) is 0 Å². The maximum atomic E-state index is 6.18. The highest BCUT2D eigenvalue weighted by Crippen LogP contribution is 2.19. The van der Waals surface area contributed by atoms with E-state index in [1.165, 1.54) is 24.1 Å². The lowest BCUT2D eigenvalue weighted by Gasteiger charge is -2.35. The molecule has 1 atom stereocenters. The Labute approximate surface area is 193 Å². The van der Waals surface area contributed by atoms with E-state index >= 15 is 0 Å². The minimum Gasteiger partial charge on any atom is -0.378 e. The molecule has 178 valence electrons. The zero-order valence-corrected chi connectivity index (χ0v) is 19.6. The molecule has 0 amide bonds. The van der Waals surface area contributed by atoms with E-state index in [1.807, 2.05) is 0 Å². The van der Waals surface area contributed by atoms with Crippen molar-refractivity contribution in [2.24, 2.45) is 4.99 Å². The smallest absolute Gasteiger partial charge is 0.194 e. The van der Waals surface area contributed by atoms with Crippen LogP contribution < -0.4 is 10.2 Å². The number of morpholine rings is 1. The van der Waals surface area contributed by atoms with E-state index in [1.54, 1.807) is 0 Å². The van der Waals surface area contributed by atoms with Gasteiger partial charge in [0.2, 0.25) is 0 Å². The summed E-state index contributed by atoms with van der Waals surface area (Å²) in [5.41, 5.74) is 2.51. The van der Waals surface area contributed by atoms with Crippen molar-refractivity contribution in [3.05, 3.63) is 29.8 Å².